The lowest BCUT2D eigenvalue weighted by Crippen LogP contribution is -2.62. The summed E-state index contributed by atoms with van der Waals surface area (Å²) in [5.41, 5.74) is 9.24. The Hall–Kier alpha value is -3.13. The third-order valence-corrected chi connectivity index (χ3v) is 8.68. The van der Waals surface area contributed by atoms with Gasteiger partial charge in [0.1, 0.15) is 5.52 Å². The van der Waals surface area contributed by atoms with Gasteiger partial charge in [-0.15, -0.1) is 0 Å². The van der Waals surface area contributed by atoms with Gasteiger partial charge in [0.05, 0.1) is 22.9 Å². The summed E-state index contributed by atoms with van der Waals surface area (Å²) in [6.07, 6.45) is 18.5. The Morgan fingerprint density at radius 1 is 1.19 bits per heavy atom. The average molecular weight is 502 g/mol. The van der Waals surface area contributed by atoms with Crippen LogP contribution in [-0.2, 0) is 12.1 Å². The Morgan fingerprint density at radius 3 is 2.81 bits per heavy atom. The van der Waals surface area contributed by atoms with Gasteiger partial charge < -0.3 is 19.8 Å². The summed E-state index contributed by atoms with van der Waals surface area (Å²) in [6.45, 7) is 8.78. The minimum absolute atomic E-state index is 0.105. The summed E-state index contributed by atoms with van der Waals surface area (Å²) in [6, 6.07) is 4.64. The van der Waals surface area contributed by atoms with Gasteiger partial charge in [0.25, 0.3) is 5.91 Å². The second-order valence-electron chi connectivity index (χ2n) is 11.6. The van der Waals surface area contributed by atoms with Crippen molar-refractivity contribution in [2.45, 2.75) is 70.5 Å². The van der Waals surface area contributed by atoms with Crippen molar-refractivity contribution >= 4 is 22.8 Å². The van der Waals surface area contributed by atoms with Crippen LogP contribution in [0.3, 0.4) is 0 Å². The number of carbonyl (C=O) groups is 1. The zero-order valence-electron chi connectivity index (χ0n) is 22.1. The topological polar surface area (TPSA) is 85.2 Å². The lowest BCUT2D eigenvalue weighted by Gasteiger charge is -2.48. The monoisotopic (exact) mass is 501 g/mol. The Bertz CT molecular complexity index is 1310. The number of pyridine rings is 1. The highest BCUT2D eigenvalue weighted by molar-refractivity contribution is 5.95. The lowest BCUT2D eigenvalue weighted by atomic mass is 9.91. The first-order valence-electron chi connectivity index (χ1n) is 13.9. The third kappa shape index (κ3) is 4.67. The number of nitrogen functional groups attached to an aromatic ring is 1. The minimum atomic E-state index is -0.201. The fraction of sp³-hybridized carbons (Fsp3) is 0.552. The minimum Gasteiger partial charge on any atom is -0.382 e. The van der Waals surface area contributed by atoms with Crippen LogP contribution in [0.1, 0.15) is 61.5 Å². The van der Waals surface area contributed by atoms with Gasteiger partial charge in [-0.3, -0.25) is 9.69 Å². The summed E-state index contributed by atoms with van der Waals surface area (Å²) in [5, 5.41) is 0. The maximum Gasteiger partial charge on any atom is 0.255 e. The number of amides is 1. The number of fused-ring (bicyclic) bond motifs is 1. The first-order chi connectivity index (χ1) is 17.9. The van der Waals surface area contributed by atoms with Crippen LogP contribution in [0.15, 0.2) is 43.0 Å². The molecule has 8 nitrogen and oxygen atoms in total. The molecule has 6 rings (SSSR count). The van der Waals surface area contributed by atoms with Gasteiger partial charge in [0, 0.05) is 43.8 Å². The Balaban J connectivity index is 1.04. The highest BCUT2D eigenvalue weighted by Gasteiger charge is 2.44. The van der Waals surface area contributed by atoms with Crippen LogP contribution < -0.4 is 5.73 Å². The molecule has 2 N–H and O–H groups in total. The highest BCUT2D eigenvalue weighted by atomic mass is 16.2. The fourth-order valence-corrected chi connectivity index (χ4v) is 6.57. The van der Waals surface area contributed by atoms with Gasteiger partial charge in [-0.1, -0.05) is 18.6 Å². The first kappa shape index (κ1) is 24.2. The van der Waals surface area contributed by atoms with Crippen molar-refractivity contribution in [3.63, 3.8) is 0 Å². The van der Waals surface area contributed by atoms with E-state index < -0.39 is 0 Å². The van der Waals surface area contributed by atoms with Gasteiger partial charge in [0.15, 0.2) is 5.82 Å². The largest absolute Gasteiger partial charge is 0.382 e. The molecule has 3 aromatic rings. The van der Waals surface area contributed by atoms with E-state index in [1.165, 1.54) is 51.6 Å². The van der Waals surface area contributed by atoms with Crippen LogP contribution in [0.25, 0.3) is 11.0 Å². The van der Waals surface area contributed by atoms with E-state index in [2.05, 4.69) is 49.3 Å². The van der Waals surface area contributed by atoms with Gasteiger partial charge in [-0.2, -0.15) is 0 Å². The molecule has 2 saturated heterocycles. The number of carbonyl (C=O) groups excluding carboxylic acids is 1. The number of allylic oxidation sites excluding steroid dienone is 1. The molecule has 2 fully saturated rings. The standard InChI is InChI=1S/C29H39N7O/c1-21-15-25-26(27(30)32-21)31-20-36(25)29(2)18-35(19-29)28(37)23-11-12-33(17-23)16-22-9-13-34(14-10-22)24-7-5-3-4-6-8-24/h5,7,11-12,15,17,20,22,24H,3-4,6,8-10,13-14,16,18-19H2,1-2H3,(H2,30,32)/t24-/m0/s1. The number of hydrogen-bond donors (Lipinski definition) is 1. The van der Waals surface area contributed by atoms with Crippen molar-refractivity contribution in [3.05, 3.63) is 54.3 Å². The van der Waals surface area contributed by atoms with Crippen molar-refractivity contribution in [2.24, 2.45) is 5.92 Å². The third-order valence-electron chi connectivity index (χ3n) is 8.68. The molecule has 0 bridgehead atoms. The van der Waals surface area contributed by atoms with E-state index in [0.29, 0.717) is 30.9 Å². The quantitative estimate of drug-likeness (QED) is 0.530. The van der Waals surface area contributed by atoms with Gasteiger partial charge in [-0.05, 0) is 77.1 Å². The maximum absolute atomic E-state index is 13.3. The number of hydrogen-bond acceptors (Lipinski definition) is 5. The van der Waals surface area contributed by atoms with Gasteiger partial charge in [0.2, 0.25) is 0 Å². The average Bonchev–Trinajstić information content (AvgIpc) is 3.42. The molecule has 0 saturated carbocycles. The number of aryl methyl sites for hydroxylation is 1. The molecule has 1 aliphatic carbocycles. The number of piperidine rings is 1. The van der Waals surface area contributed by atoms with Crippen LogP contribution in [-0.4, -0.2) is 67.0 Å². The molecule has 1 atom stereocenters. The van der Waals surface area contributed by atoms with Crippen LogP contribution in [0, 0.1) is 12.8 Å². The second kappa shape index (κ2) is 9.63. The zero-order chi connectivity index (χ0) is 25.6. The number of rotatable bonds is 5. The van der Waals surface area contributed by atoms with Crippen molar-refractivity contribution < 1.29 is 4.79 Å². The molecule has 0 aromatic carbocycles. The number of aromatic nitrogens is 4. The molecule has 3 aliphatic rings. The summed E-state index contributed by atoms with van der Waals surface area (Å²) >= 11 is 0. The Kier molecular flexibility index (Phi) is 6.31. The first-order valence-corrected chi connectivity index (χ1v) is 13.9. The summed E-state index contributed by atoms with van der Waals surface area (Å²) in [7, 11) is 0. The van der Waals surface area contributed by atoms with E-state index in [0.717, 1.165) is 28.8 Å². The van der Waals surface area contributed by atoms with E-state index in [1.54, 1.807) is 0 Å². The van der Waals surface area contributed by atoms with Crippen LogP contribution in [0.2, 0.25) is 0 Å². The number of nitrogens with zero attached hydrogens (tertiary/aromatic N) is 6. The van der Waals surface area contributed by atoms with Crippen molar-refractivity contribution in [2.75, 3.05) is 31.9 Å². The van der Waals surface area contributed by atoms with Gasteiger partial charge >= 0.3 is 0 Å². The normalized spacial score (nSPS) is 22.8. The van der Waals surface area contributed by atoms with Gasteiger partial charge in [-0.25, -0.2) is 9.97 Å². The van der Waals surface area contributed by atoms with Crippen molar-refractivity contribution in [3.8, 4) is 0 Å². The van der Waals surface area contributed by atoms with Crippen LogP contribution in [0.4, 0.5) is 5.82 Å². The predicted octanol–water partition coefficient (Wildman–Crippen LogP) is 4.21. The SMILES string of the molecule is Cc1cc2c(ncn2C2(C)CN(C(=O)c3ccn(CC4CCN([C@H]5C=CCCCC5)CC4)c3)C2)c(N)n1. The molecular formula is C29H39N7O. The highest BCUT2D eigenvalue weighted by Crippen LogP contribution is 2.34. The fourth-order valence-electron chi connectivity index (χ4n) is 6.57. The van der Waals surface area contributed by atoms with Crippen molar-refractivity contribution in [1.82, 2.24) is 28.9 Å². The zero-order valence-corrected chi connectivity index (χ0v) is 22.1. The molecule has 0 radical (unpaired) electrons. The number of nitrogens with two attached hydrogens (primary N) is 1. The molecule has 3 aromatic heterocycles. The lowest BCUT2D eigenvalue weighted by molar-refractivity contribution is 0.0223. The van der Waals surface area contributed by atoms with E-state index in [9.17, 15) is 4.79 Å². The molecule has 2 aliphatic heterocycles. The molecule has 0 unspecified atom stereocenters. The molecule has 5 heterocycles. The molecular weight excluding hydrogens is 462 g/mol. The maximum atomic E-state index is 13.3. The Labute approximate surface area is 219 Å². The van der Waals surface area contributed by atoms with E-state index in [4.69, 9.17) is 5.73 Å². The number of anilines is 1. The predicted molar refractivity (Wildman–Crippen MR) is 146 cm³/mol. The molecule has 196 valence electrons. The molecule has 0 spiro atoms. The van der Waals surface area contributed by atoms with E-state index >= 15 is 0 Å². The van der Waals surface area contributed by atoms with Crippen LogP contribution in [0.5, 0.6) is 0 Å². The smallest absolute Gasteiger partial charge is 0.255 e. The number of imidazole rings is 1. The second-order valence-corrected chi connectivity index (χ2v) is 11.6. The summed E-state index contributed by atoms with van der Waals surface area (Å²) in [4.78, 5) is 26.7. The molecule has 1 amide bonds. The summed E-state index contributed by atoms with van der Waals surface area (Å²) in [5.74, 6) is 1.24. The van der Waals surface area contributed by atoms with E-state index in [1.807, 2.05) is 36.5 Å². The summed E-state index contributed by atoms with van der Waals surface area (Å²) < 4.78 is 4.37. The van der Waals surface area contributed by atoms with E-state index in [-0.39, 0.29) is 11.4 Å². The van der Waals surface area contributed by atoms with Crippen molar-refractivity contribution in [1.29, 1.82) is 0 Å². The van der Waals surface area contributed by atoms with Crippen LogP contribution >= 0.6 is 0 Å². The Morgan fingerprint density at radius 2 is 2.00 bits per heavy atom. The molecule has 8 heteroatoms. The molecule has 37 heavy (non-hydrogen) atoms. The number of likely N-dealkylation sites (tertiary alicyclic amines) is 2.